The lowest BCUT2D eigenvalue weighted by atomic mass is 10.2. The molecule has 2 aliphatic rings. The van der Waals surface area contributed by atoms with Crippen molar-refractivity contribution in [3.63, 3.8) is 0 Å². The summed E-state index contributed by atoms with van der Waals surface area (Å²) in [6.45, 7) is 1.88. The number of thioether (sulfide) groups is 1. The molecular formula is C13H15BrN2O3S. The van der Waals surface area contributed by atoms with Crippen LogP contribution in [0.15, 0.2) is 16.7 Å². The number of carbonyl (C=O) groups is 2. The summed E-state index contributed by atoms with van der Waals surface area (Å²) in [7, 11) is 0. The molecule has 1 aliphatic carbocycles. The van der Waals surface area contributed by atoms with Gasteiger partial charge in [0.1, 0.15) is 11.7 Å². The van der Waals surface area contributed by atoms with Gasteiger partial charge in [-0.1, -0.05) is 0 Å². The van der Waals surface area contributed by atoms with Gasteiger partial charge in [-0.05, 0) is 41.8 Å². The van der Waals surface area contributed by atoms with Gasteiger partial charge in [-0.25, -0.2) is 4.79 Å². The van der Waals surface area contributed by atoms with Crippen LogP contribution in [0.1, 0.15) is 36.3 Å². The zero-order chi connectivity index (χ0) is 14.4. The van der Waals surface area contributed by atoms with Gasteiger partial charge in [-0.3, -0.25) is 4.79 Å². The molecule has 0 bridgehead atoms. The van der Waals surface area contributed by atoms with Crippen molar-refractivity contribution in [1.29, 1.82) is 0 Å². The topological polar surface area (TPSA) is 62.5 Å². The summed E-state index contributed by atoms with van der Waals surface area (Å²) in [6.07, 6.45) is 4.07. The van der Waals surface area contributed by atoms with Gasteiger partial charge in [0.15, 0.2) is 0 Å². The molecule has 0 radical (unpaired) electrons. The van der Waals surface area contributed by atoms with E-state index in [1.54, 1.807) is 6.07 Å². The second-order valence-corrected chi connectivity index (χ2v) is 7.45. The highest BCUT2D eigenvalue weighted by Gasteiger charge is 2.41. The Hall–Kier alpha value is -0.950. The maximum atomic E-state index is 12.7. The van der Waals surface area contributed by atoms with Gasteiger partial charge in [-0.15, -0.1) is 11.8 Å². The fraction of sp³-hybridized carbons (Fsp3) is 0.538. The van der Waals surface area contributed by atoms with E-state index in [9.17, 15) is 14.7 Å². The number of aromatic nitrogens is 1. The van der Waals surface area contributed by atoms with Crippen molar-refractivity contribution in [3.05, 3.63) is 22.4 Å². The lowest BCUT2D eigenvalue weighted by Crippen LogP contribution is -2.45. The van der Waals surface area contributed by atoms with Gasteiger partial charge < -0.3 is 14.6 Å². The van der Waals surface area contributed by atoms with Crippen LogP contribution in [0.4, 0.5) is 0 Å². The van der Waals surface area contributed by atoms with Crippen LogP contribution in [-0.2, 0) is 4.79 Å². The minimum absolute atomic E-state index is 0.107. The molecule has 3 rings (SSSR count). The fourth-order valence-corrected chi connectivity index (χ4v) is 4.15. The smallest absolute Gasteiger partial charge is 0.327 e. The number of halogens is 1. The van der Waals surface area contributed by atoms with Crippen LogP contribution in [0, 0.1) is 0 Å². The highest BCUT2D eigenvalue weighted by Crippen LogP contribution is 2.39. The highest BCUT2D eigenvalue weighted by molar-refractivity contribution is 9.10. The first-order valence-electron chi connectivity index (χ1n) is 6.53. The number of aliphatic carboxylic acids is 1. The quantitative estimate of drug-likeness (QED) is 0.901. The lowest BCUT2D eigenvalue weighted by Gasteiger charge is -2.25. The predicted molar refractivity (Wildman–Crippen MR) is 79.9 cm³/mol. The highest BCUT2D eigenvalue weighted by atomic mass is 79.9. The summed E-state index contributed by atoms with van der Waals surface area (Å²) in [5.74, 6) is -0.667. The van der Waals surface area contributed by atoms with Gasteiger partial charge in [0.25, 0.3) is 5.91 Å². The Morgan fingerprint density at radius 1 is 1.45 bits per heavy atom. The number of carboxylic acids is 1. The van der Waals surface area contributed by atoms with Gasteiger partial charge in [0, 0.05) is 22.5 Å². The molecule has 2 unspecified atom stereocenters. The molecule has 1 N–H and O–H groups in total. The standard InChI is InChI=1S/C13H15BrN2O3S/c1-7-16(11(6-20-7)13(18)19)12(17)10-4-8(14)5-15(10)9-2-3-9/h4-5,7,9,11H,2-3,6H2,1H3,(H,18,19). The Morgan fingerprint density at radius 3 is 2.75 bits per heavy atom. The fourth-order valence-electron chi connectivity index (χ4n) is 2.55. The minimum atomic E-state index is -0.932. The van der Waals surface area contributed by atoms with Gasteiger partial charge in [0.2, 0.25) is 0 Å². The third kappa shape index (κ3) is 2.37. The minimum Gasteiger partial charge on any atom is -0.480 e. The van der Waals surface area contributed by atoms with E-state index in [2.05, 4.69) is 15.9 Å². The molecule has 2 atom stereocenters. The van der Waals surface area contributed by atoms with Crippen LogP contribution in [0.3, 0.4) is 0 Å². The third-order valence-corrected chi connectivity index (χ3v) is 5.37. The van der Waals surface area contributed by atoms with Crippen molar-refractivity contribution >= 4 is 39.6 Å². The number of nitrogens with zero attached hydrogens (tertiary/aromatic N) is 2. The summed E-state index contributed by atoms with van der Waals surface area (Å²) >= 11 is 4.91. The van der Waals surface area contributed by atoms with E-state index in [1.165, 1.54) is 16.7 Å². The molecule has 2 fully saturated rings. The SMILES string of the molecule is CC1SCC(C(=O)O)N1C(=O)c1cc(Br)cn1C1CC1. The van der Waals surface area contributed by atoms with E-state index in [-0.39, 0.29) is 11.3 Å². The molecule has 1 amide bonds. The maximum Gasteiger partial charge on any atom is 0.327 e. The second-order valence-electron chi connectivity index (χ2n) is 5.18. The lowest BCUT2D eigenvalue weighted by molar-refractivity contribution is -0.141. The summed E-state index contributed by atoms with van der Waals surface area (Å²) in [4.78, 5) is 25.5. The van der Waals surface area contributed by atoms with Crippen molar-refractivity contribution < 1.29 is 14.7 Å². The van der Waals surface area contributed by atoms with E-state index >= 15 is 0 Å². The van der Waals surface area contributed by atoms with Crippen molar-refractivity contribution in [3.8, 4) is 0 Å². The molecule has 20 heavy (non-hydrogen) atoms. The van der Waals surface area contributed by atoms with E-state index in [0.717, 1.165) is 17.3 Å². The van der Waals surface area contributed by atoms with Gasteiger partial charge in [-0.2, -0.15) is 0 Å². The second kappa shape index (κ2) is 5.11. The predicted octanol–water partition coefficient (Wildman–Crippen LogP) is 2.57. The largest absolute Gasteiger partial charge is 0.480 e. The molecule has 1 aromatic rings. The maximum absolute atomic E-state index is 12.7. The zero-order valence-corrected chi connectivity index (χ0v) is 13.4. The monoisotopic (exact) mass is 358 g/mol. The number of hydrogen-bond donors (Lipinski definition) is 1. The molecule has 1 aliphatic heterocycles. The Balaban J connectivity index is 1.93. The number of rotatable bonds is 3. The molecule has 0 aromatic carbocycles. The van der Waals surface area contributed by atoms with Crippen molar-refractivity contribution in [2.45, 2.75) is 37.2 Å². The van der Waals surface area contributed by atoms with Crippen molar-refractivity contribution in [2.24, 2.45) is 0 Å². The van der Waals surface area contributed by atoms with Crippen molar-refractivity contribution in [2.75, 3.05) is 5.75 Å². The zero-order valence-electron chi connectivity index (χ0n) is 11.0. The summed E-state index contributed by atoms with van der Waals surface area (Å²) < 4.78 is 2.83. The summed E-state index contributed by atoms with van der Waals surface area (Å²) in [5, 5.41) is 9.16. The first-order valence-corrected chi connectivity index (χ1v) is 8.37. The van der Waals surface area contributed by atoms with Crippen LogP contribution in [-0.4, -0.2) is 43.6 Å². The van der Waals surface area contributed by atoms with Gasteiger partial charge in [0.05, 0.1) is 5.37 Å². The number of amides is 1. The number of carbonyl (C=O) groups excluding carboxylic acids is 1. The van der Waals surface area contributed by atoms with E-state index in [4.69, 9.17) is 0 Å². The molecule has 5 nitrogen and oxygen atoms in total. The molecule has 1 aromatic heterocycles. The van der Waals surface area contributed by atoms with Crippen LogP contribution in [0.5, 0.6) is 0 Å². The summed E-state index contributed by atoms with van der Waals surface area (Å²) in [5.41, 5.74) is 0.583. The van der Waals surface area contributed by atoms with Gasteiger partial charge >= 0.3 is 5.97 Å². The number of hydrogen-bond acceptors (Lipinski definition) is 3. The molecular weight excluding hydrogens is 344 g/mol. The average molecular weight is 359 g/mol. The first kappa shape index (κ1) is 14.0. The molecule has 7 heteroatoms. The van der Waals surface area contributed by atoms with Crippen LogP contribution in [0.25, 0.3) is 0 Å². The van der Waals surface area contributed by atoms with Crippen molar-refractivity contribution in [1.82, 2.24) is 9.47 Å². The molecule has 108 valence electrons. The van der Waals surface area contributed by atoms with Crippen LogP contribution >= 0.6 is 27.7 Å². The normalized spacial score (nSPS) is 26.0. The molecule has 1 saturated heterocycles. The summed E-state index contributed by atoms with van der Waals surface area (Å²) in [6, 6.07) is 1.44. The van der Waals surface area contributed by atoms with Crippen LogP contribution < -0.4 is 0 Å². The van der Waals surface area contributed by atoms with E-state index in [0.29, 0.717) is 17.5 Å². The average Bonchev–Trinajstić information content (AvgIpc) is 3.05. The third-order valence-electron chi connectivity index (χ3n) is 3.72. The van der Waals surface area contributed by atoms with Crippen LogP contribution in [0.2, 0.25) is 0 Å². The Bertz CT molecular complexity index is 570. The number of carboxylic acid groups (broad SMARTS) is 1. The Kier molecular flexibility index (Phi) is 3.58. The molecule has 2 heterocycles. The Morgan fingerprint density at radius 2 is 2.15 bits per heavy atom. The molecule has 1 saturated carbocycles. The first-order chi connectivity index (χ1) is 9.49. The Labute approximate surface area is 129 Å². The van der Waals surface area contributed by atoms with E-state index < -0.39 is 12.0 Å². The van der Waals surface area contributed by atoms with E-state index in [1.807, 2.05) is 17.7 Å². The molecule has 0 spiro atoms.